The van der Waals surface area contributed by atoms with Crippen molar-refractivity contribution in [3.05, 3.63) is 0 Å². The van der Waals surface area contributed by atoms with Gasteiger partial charge in [-0.05, 0) is 12.8 Å². The Morgan fingerprint density at radius 1 is 1.45 bits per heavy atom. The number of carbonyl (C=O) groups excluding carboxylic acids is 1. The van der Waals surface area contributed by atoms with Crippen molar-refractivity contribution < 1.29 is 22.7 Å². The molecule has 0 aromatic carbocycles. The zero-order chi connectivity index (χ0) is 15.3. The number of alkyl halides is 3. The first kappa shape index (κ1) is 17.2. The predicted octanol–water partition coefficient (Wildman–Crippen LogP) is 1.75. The lowest BCUT2D eigenvalue weighted by Gasteiger charge is -2.35. The number of morpholine rings is 1. The quantitative estimate of drug-likeness (QED) is 0.775. The van der Waals surface area contributed by atoms with Gasteiger partial charge in [0.1, 0.15) is 6.54 Å². The lowest BCUT2D eigenvalue weighted by molar-refractivity contribution is -0.163. The first-order valence-corrected chi connectivity index (χ1v) is 6.85. The van der Waals surface area contributed by atoms with Gasteiger partial charge in [-0.1, -0.05) is 13.8 Å². The Kier molecular flexibility index (Phi) is 6.26. The van der Waals surface area contributed by atoms with Gasteiger partial charge in [0.2, 0.25) is 5.91 Å². The summed E-state index contributed by atoms with van der Waals surface area (Å²) in [4.78, 5) is 14.9. The third-order valence-electron chi connectivity index (χ3n) is 3.15. The van der Waals surface area contributed by atoms with Crippen molar-refractivity contribution in [3.8, 4) is 0 Å². The molecule has 1 unspecified atom stereocenters. The second kappa shape index (κ2) is 7.26. The number of ether oxygens (including phenoxy) is 1. The van der Waals surface area contributed by atoms with Crippen molar-refractivity contribution >= 4 is 5.91 Å². The first-order chi connectivity index (χ1) is 9.19. The van der Waals surface area contributed by atoms with Crippen LogP contribution in [0.2, 0.25) is 0 Å². The van der Waals surface area contributed by atoms with E-state index in [-0.39, 0.29) is 25.0 Å². The van der Waals surface area contributed by atoms with E-state index in [0.717, 1.165) is 4.90 Å². The van der Waals surface area contributed by atoms with Gasteiger partial charge >= 0.3 is 6.18 Å². The second-order valence-corrected chi connectivity index (χ2v) is 5.68. The zero-order valence-corrected chi connectivity index (χ0v) is 12.2. The van der Waals surface area contributed by atoms with Gasteiger partial charge < -0.3 is 9.64 Å². The molecule has 1 aliphatic rings. The van der Waals surface area contributed by atoms with Crippen molar-refractivity contribution in [2.45, 2.75) is 33.0 Å². The molecule has 4 nitrogen and oxygen atoms in total. The number of amides is 1. The number of carbonyl (C=O) groups is 1. The minimum Gasteiger partial charge on any atom is -0.379 e. The molecule has 7 heteroatoms. The summed E-state index contributed by atoms with van der Waals surface area (Å²) in [5.74, 6) is -0.465. The Bertz CT molecular complexity index is 321. The summed E-state index contributed by atoms with van der Waals surface area (Å²) in [5, 5.41) is 0. The third-order valence-corrected chi connectivity index (χ3v) is 3.15. The third kappa shape index (κ3) is 6.09. The van der Waals surface area contributed by atoms with Crippen LogP contribution in [0.4, 0.5) is 13.2 Å². The number of halogens is 3. The SMILES string of the molecule is CC(C)CN(CC(F)(F)F)C(=O)CN1CCOCC1C. The topological polar surface area (TPSA) is 32.8 Å². The Morgan fingerprint density at radius 3 is 2.60 bits per heavy atom. The largest absolute Gasteiger partial charge is 0.406 e. The van der Waals surface area contributed by atoms with Gasteiger partial charge in [-0.3, -0.25) is 9.69 Å². The van der Waals surface area contributed by atoms with Gasteiger partial charge in [0.05, 0.1) is 19.8 Å². The molecule has 1 rings (SSSR count). The van der Waals surface area contributed by atoms with E-state index >= 15 is 0 Å². The molecule has 0 saturated carbocycles. The van der Waals surface area contributed by atoms with Crippen LogP contribution < -0.4 is 0 Å². The zero-order valence-electron chi connectivity index (χ0n) is 12.2. The fourth-order valence-corrected chi connectivity index (χ4v) is 2.18. The maximum atomic E-state index is 12.5. The van der Waals surface area contributed by atoms with E-state index in [4.69, 9.17) is 4.74 Å². The fourth-order valence-electron chi connectivity index (χ4n) is 2.18. The lowest BCUT2D eigenvalue weighted by atomic mass is 10.2. The van der Waals surface area contributed by atoms with E-state index < -0.39 is 18.6 Å². The molecule has 0 radical (unpaired) electrons. The second-order valence-electron chi connectivity index (χ2n) is 5.68. The molecule has 0 N–H and O–H groups in total. The van der Waals surface area contributed by atoms with Gasteiger partial charge in [0.25, 0.3) is 0 Å². The minimum absolute atomic E-state index is 0.00316. The summed E-state index contributed by atoms with van der Waals surface area (Å²) >= 11 is 0. The Balaban J connectivity index is 2.62. The van der Waals surface area contributed by atoms with Crippen LogP contribution in [-0.2, 0) is 9.53 Å². The molecule has 0 spiro atoms. The molecule has 1 fully saturated rings. The Labute approximate surface area is 117 Å². The average molecular weight is 296 g/mol. The summed E-state index contributed by atoms with van der Waals surface area (Å²) in [6.45, 7) is 6.07. The van der Waals surface area contributed by atoms with Crippen LogP contribution in [0, 0.1) is 5.92 Å². The van der Waals surface area contributed by atoms with Crippen LogP contribution in [-0.4, -0.2) is 67.3 Å². The van der Waals surface area contributed by atoms with Crippen molar-refractivity contribution in [1.29, 1.82) is 0 Å². The monoisotopic (exact) mass is 296 g/mol. The van der Waals surface area contributed by atoms with Crippen molar-refractivity contribution in [1.82, 2.24) is 9.80 Å². The molecule has 0 aliphatic carbocycles. The highest BCUT2D eigenvalue weighted by molar-refractivity contribution is 5.78. The first-order valence-electron chi connectivity index (χ1n) is 6.85. The molecule has 0 aromatic heterocycles. The van der Waals surface area contributed by atoms with Gasteiger partial charge in [-0.25, -0.2) is 0 Å². The summed E-state index contributed by atoms with van der Waals surface area (Å²) in [6.07, 6.45) is -4.36. The van der Waals surface area contributed by atoms with Crippen LogP contribution in [0.1, 0.15) is 20.8 Å². The smallest absolute Gasteiger partial charge is 0.379 e. The van der Waals surface area contributed by atoms with Gasteiger partial charge in [0, 0.05) is 19.1 Å². The summed E-state index contributed by atoms with van der Waals surface area (Å²) in [7, 11) is 0. The number of hydrogen-bond donors (Lipinski definition) is 0. The summed E-state index contributed by atoms with van der Waals surface area (Å²) in [5.41, 5.74) is 0. The molecular formula is C13H23F3N2O2. The molecule has 0 bridgehead atoms. The molecule has 1 amide bonds. The van der Waals surface area contributed by atoms with Gasteiger partial charge in [0.15, 0.2) is 0 Å². The van der Waals surface area contributed by atoms with Gasteiger partial charge in [-0.2, -0.15) is 13.2 Å². The van der Waals surface area contributed by atoms with Crippen LogP contribution in [0.3, 0.4) is 0 Å². The maximum absolute atomic E-state index is 12.5. The molecule has 1 aliphatic heterocycles. The minimum atomic E-state index is -4.36. The van der Waals surface area contributed by atoms with Crippen LogP contribution in [0.25, 0.3) is 0 Å². The highest BCUT2D eigenvalue weighted by Crippen LogP contribution is 2.18. The lowest BCUT2D eigenvalue weighted by Crippen LogP contribution is -2.51. The standard InChI is InChI=1S/C13H23F3N2O2/c1-10(2)6-18(9-13(14,15)16)12(19)7-17-4-5-20-8-11(17)3/h10-11H,4-9H2,1-3H3. The molecular weight excluding hydrogens is 273 g/mol. The summed E-state index contributed by atoms with van der Waals surface area (Å²) in [6, 6.07) is 0.0551. The van der Waals surface area contributed by atoms with Gasteiger partial charge in [-0.15, -0.1) is 0 Å². The number of rotatable bonds is 5. The van der Waals surface area contributed by atoms with E-state index in [1.54, 1.807) is 13.8 Å². The molecule has 1 atom stereocenters. The highest BCUT2D eigenvalue weighted by Gasteiger charge is 2.34. The average Bonchev–Trinajstić information content (AvgIpc) is 2.28. The van der Waals surface area contributed by atoms with Crippen LogP contribution in [0.5, 0.6) is 0 Å². The Hall–Kier alpha value is -0.820. The van der Waals surface area contributed by atoms with Crippen molar-refractivity contribution in [2.24, 2.45) is 5.92 Å². The molecule has 1 saturated heterocycles. The normalized spacial score (nSPS) is 21.2. The van der Waals surface area contributed by atoms with Crippen molar-refractivity contribution in [2.75, 3.05) is 39.4 Å². The number of hydrogen-bond acceptors (Lipinski definition) is 3. The van der Waals surface area contributed by atoms with E-state index in [1.165, 1.54) is 0 Å². The van der Waals surface area contributed by atoms with E-state index in [2.05, 4.69) is 0 Å². The summed E-state index contributed by atoms with van der Waals surface area (Å²) < 4.78 is 42.9. The molecule has 1 heterocycles. The number of nitrogens with zero attached hydrogens (tertiary/aromatic N) is 2. The van der Waals surface area contributed by atoms with Crippen molar-refractivity contribution in [3.63, 3.8) is 0 Å². The molecule has 0 aromatic rings. The Morgan fingerprint density at radius 2 is 2.10 bits per heavy atom. The van der Waals surface area contributed by atoms with Crippen LogP contribution in [0.15, 0.2) is 0 Å². The maximum Gasteiger partial charge on any atom is 0.406 e. The molecule has 118 valence electrons. The highest BCUT2D eigenvalue weighted by atomic mass is 19.4. The predicted molar refractivity (Wildman–Crippen MR) is 69.3 cm³/mol. The fraction of sp³-hybridized carbons (Fsp3) is 0.923. The van der Waals surface area contributed by atoms with E-state index in [9.17, 15) is 18.0 Å². The van der Waals surface area contributed by atoms with E-state index in [1.807, 2.05) is 11.8 Å². The van der Waals surface area contributed by atoms with Crippen LogP contribution >= 0.6 is 0 Å². The van der Waals surface area contributed by atoms with E-state index in [0.29, 0.717) is 19.8 Å². The molecule has 20 heavy (non-hydrogen) atoms.